The van der Waals surface area contributed by atoms with Crippen LogP contribution in [-0.4, -0.2) is 31.2 Å². The van der Waals surface area contributed by atoms with Gasteiger partial charge in [0.05, 0.1) is 0 Å². The minimum atomic E-state index is 0.397. The van der Waals surface area contributed by atoms with Gasteiger partial charge in [-0.2, -0.15) is 0 Å². The van der Waals surface area contributed by atoms with Crippen molar-refractivity contribution in [1.29, 1.82) is 0 Å². The zero-order valence-corrected chi connectivity index (χ0v) is 10.7. The standard InChI is InChI=1S/C13H22N4/c1-17(2)13-5-3-4-12(16-13)15-11-8-6-10(14)7-9-11/h3-5,10-11H,6-9,14H2,1-2H3,(H,15,16)/t10-,11+. The van der Waals surface area contributed by atoms with E-state index in [0.717, 1.165) is 37.3 Å². The minimum Gasteiger partial charge on any atom is -0.367 e. The summed E-state index contributed by atoms with van der Waals surface area (Å²) in [6.45, 7) is 0. The molecular formula is C13H22N4. The van der Waals surface area contributed by atoms with Gasteiger partial charge in [-0.15, -0.1) is 0 Å². The van der Waals surface area contributed by atoms with E-state index in [0.29, 0.717) is 12.1 Å². The van der Waals surface area contributed by atoms with Crippen molar-refractivity contribution in [2.75, 3.05) is 24.3 Å². The Morgan fingerprint density at radius 2 is 1.94 bits per heavy atom. The predicted molar refractivity (Wildman–Crippen MR) is 72.4 cm³/mol. The molecule has 0 radical (unpaired) electrons. The molecule has 0 spiro atoms. The van der Waals surface area contributed by atoms with Crippen molar-refractivity contribution in [3.8, 4) is 0 Å². The van der Waals surface area contributed by atoms with Crippen molar-refractivity contribution in [3.63, 3.8) is 0 Å². The van der Waals surface area contributed by atoms with Gasteiger partial charge >= 0.3 is 0 Å². The fourth-order valence-electron chi connectivity index (χ4n) is 2.23. The summed E-state index contributed by atoms with van der Waals surface area (Å²) >= 11 is 0. The summed E-state index contributed by atoms with van der Waals surface area (Å²) in [4.78, 5) is 6.58. The molecule has 0 bridgehead atoms. The summed E-state index contributed by atoms with van der Waals surface area (Å²) in [6, 6.07) is 7.01. The van der Waals surface area contributed by atoms with E-state index in [-0.39, 0.29) is 0 Å². The summed E-state index contributed by atoms with van der Waals surface area (Å²) in [5.74, 6) is 1.96. The largest absolute Gasteiger partial charge is 0.367 e. The molecule has 94 valence electrons. The third-order valence-corrected chi connectivity index (χ3v) is 3.32. The molecule has 2 rings (SSSR count). The fourth-order valence-corrected chi connectivity index (χ4v) is 2.23. The van der Waals surface area contributed by atoms with E-state index in [1.807, 2.05) is 37.2 Å². The lowest BCUT2D eigenvalue weighted by Gasteiger charge is -2.27. The van der Waals surface area contributed by atoms with Crippen molar-refractivity contribution in [3.05, 3.63) is 18.2 Å². The highest BCUT2D eigenvalue weighted by molar-refractivity contribution is 5.46. The molecule has 4 heteroatoms. The molecule has 3 N–H and O–H groups in total. The van der Waals surface area contributed by atoms with E-state index in [1.165, 1.54) is 0 Å². The quantitative estimate of drug-likeness (QED) is 0.838. The summed E-state index contributed by atoms with van der Waals surface area (Å²) in [6.07, 6.45) is 4.53. The molecule has 1 aromatic heterocycles. The first-order valence-corrected chi connectivity index (χ1v) is 6.31. The normalized spacial score (nSPS) is 24.4. The maximum atomic E-state index is 5.90. The first-order valence-electron chi connectivity index (χ1n) is 6.31. The molecule has 1 aliphatic carbocycles. The van der Waals surface area contributed by atoms with Gasteiger partial charge in [-0.05, 0) is 37.8 Å². The second kappa shape index (κ2) is 5.36. The van der Waals surface area contributed by atoms with Gasteiger partial charge in [-0.3, -0.25) is 0 Å². The molecule has 0 aliphatic heterocycles. The van der Waals surface area contributed by atoms with Gasteiger partial charge in [-0.25, -0.2) is 4.98 Å². The predicted octanol–water partition coefficient (Wildman–Crippen LogP) is 1.83. The lowest BCUT2D eigenvalue weighted by molar-refractivity contribution is 0.410. The molecule has 17 heavy (non-hydrogen) atoms. The van der Waals surface area contributed by atoms with Gasteiger partial charge in [0.1, 0.15) is 11.6 Å². The van der Waals surface area contributed by atoms with E-state index < -0.39 is 0 Å². The van der Waals surface area contributed by atoms with Gasteiger partial charge in [-0.1, -0.05) is 6.07 Å². The van der Waals surface area contributed by atoms with Crippen LogP contribution in [0.2, 0.25) is 0 Å². The van der Waals surface area contributed by atoms with E-state index in [2.05, 4.69) is 10.3 Å². The number of nitrogens with one attached hydrogen (secondary N) is 1. The fraction of sp³-hybridized carbons (Fsp3) is 0.615. The van der Waals surface area contributed by atoms with Crippen LogP contribution in [0.25, 0.3) is 0 Å². The summed E-state index contributed by atoms with van der Waals surface area (Å²) in [5, 5.41) is 3.50. The van der Waals surface area contributed by atoms with Crippen LogP contribution in [0.1, 0.15) is 25.7 Å². The first-order chi connectivity index (χ1) is 8.15. The maximum absolute atomic E-state index is 5.90. The van der Waals surface area contributed by atoms with Crippen molar-refractivity contribution in [1.82, 2.24) is 4.98 Å². The van der Waals surface area contributed by atoms with Gasteiger partial charge in [0, 0.05) is 26.2 Å². The molecule has 1 fully saturated rings. The first kappa shape index (κ1) is 12.2. The van der Waals surface area contributed by atoms with Gasteiger partial charge in [0.2, 0.25) is 0 Å². The molecule has 0 aromatic carbocycles. The highest BCUT2D eigenvalue weighted by atomic mass is 15.2. The number of rotatable bonds is 3. The Bertz CT molecular complexity index is 356. The van der Waals surface area contributed by atoms with Gasteiger partial charge < -0.3 is 16.0 Å². The summed E-state index contributed by atoms with van der Waals surface area (Å²) in [7, 11) is 4.01. The summed E-state index contributed by atoms with van der Waals surface area (Å²) < 4.78 is 0. The Morgan fingerprint density at radius 3 is 2.59 bits per heavy atom. The van der Waals surface area contributed by atoms with Crippen LogP contribution in [0.5, 0.6) is 0 Å². The van der Waals surface area contributed by atoms with Crippen LogP contribution in [0.4, 0.5) is 11.6 Å². The Balaban J connectivity index is 1.96. The van der Waals surface area contributed by atoms with Crippen LogP contribution < -0.4 is 16.0 Å². The number of nitrogens with two attached hydrogens (primary N) is 1. The molecule has 1 saturated carbocycles. The molecule has 0 amide bonds. The summed E-state index contributed by atoms with van der Waals surface area (Å²) in [5.41, 5.74) is 5.90. The lowest BCUT2D eigenvalue weighted by Crippen LogP contribution is -2.33. The Morgan fingerprint density at radius 1 is 1.24 bits per heavy atom. The van der Waals surface area contributed by atoms with Crippen molar-refractivity contribution < 1.29 is 0 Å². The van der Waals surface area contributed by atoms with E-state index in [1.54, 1.807) is 0 Å². The van der Waals surface area contributed by atoms with E-state index in [4.69, 9.17) is 5.73 Å². The molecular weight excluding hydrogens is 212 g/mol. The zero-order valence-electron chi connectivity index (χ0n) is 10.7. The number of nitrogens with zero attached hydrogens (tertiary/aromatic N) is 2. The van der Waals surface area contributed by atoms with Crippen molar-refractivity contribution in [2.24, 2.45) is 5.73 Å². The number of aromatic nitrogens is 1. The van der Waals surface area contributed by atoms with Crippen LogP contribution in [0.15, 0.2) is 18.2 Å². The second-order valence-electron chi connectivity index (χ2n) is 5.03. The molecule has 4 nitrogen and oxygen atoms in total. The third kappa shape index (κ3) is 3.33. The maximum Gasteiger partial charge on any atom is 0.130 e. The minimum absolute atomic E-state index is 0.397. The number of hydrogen-bond donors (Lipinski definition) is 2. The molecule has 1 aliphatic rings. The van der Waals surface area contributed by atoms with Crippen molar-refractivity contribution >= 4 is 11.6 Å². The Labute approximate surface area is 103 Å². The van der Waals surface area contributed by atoms with E-state index in [9.17, 15) is 0 Å². The average molecular weight is 234 g/mol. The van der Waals surface area contributed by atoms with Gasteiger partial charge in [0.25, 0.3) is 0 Å². The Kier molecular flexibility index (Phi) is 3.84. The highest BCUT2D eigenvalue weighted by Gasteiger charge is 2.18. The number of hydrogen-bond acceptors (Lipinski definition) is 4. The third-order valence-electron chi connectivity index (χ3n) is 3.32. The average Bonchev–Trinajstić information content (AvgIpc) is 2.32. The Hall–Kier alpha value is -1.29. The second-order valence-corrected chi connectivity index (χ2v) is 5.03. The van der Waals surface area contributed by atoms with Crippen LogP contribution >= 0.6 is 0 Å². The molecule has 1 aromatic rings. The molecule has 1 heterocycles. The monoisotopic (exact) mass is 234 g/mol. The van der Waals surface area contributed by atoms with Crippen LogP contribution in [0, 0.1) is 0 Å². The van der Waals surface area contributed by atoms with E-state index >= 15 is 0 Å². The van der Waals surface area contributed by atoms with Gasteiger partial charge in [0.15, 0.2) is 0 Å². The highest BCUT2D eigenvalue weighted by Crippen LogP contribution is 2.21. The SMILES string of the molecule is CN(C)c1cccc(N[C@H]2CC[C@@H](N)CC2)n1. The number of pyridine rings is 1. The zero-order chi connectivity index (χ0) is 12.3. The molecule has 0 saturated heterocycles. The smallest absolute Gasteiger partial charge is 0.130 e. The van der Waals surface area contributed by atoms with Crippen molar-refractivity contribution in [2.45, 2.75) is 37.8 Å². The lowest BCUT2D eigenvalue weighted by atomic mass is 9.92. The van der Waals surface area contributed by atoms with Crippen LogP contribution in [-0.2, 0) is 0 Å². The van der Waals surface area contributed by atoms with Crippen LogP contribution in [0.3, 0.4) is 0 Å². The number of anilines is 2. The molecule has 0 atom stereocenters. The molecule has 0 unspecified atom stereocenters. The topological polar surface area (TPSA) is 54.2 Å².